The van der Waals surface area contributed by atoms with E-state index in [1.807, 2.05) is 13.8 Å². The van der Waals surface area contributed by atoms with Gasteiger partial charge in [-0.2, -0.15) is 0 Å². The highest BCUT2D eigenvalue weighted by molar-refractivity contribution is 6.37. The Labute approximate surface area is 190 Å². The molecular formula is C25H21ClN2O4. The van der Waals surface area contributed by atoms with E-state index in [1.165, 1.54) is 6.07 Å². The number of fused-ring (bicyclic) bond motifs is 1. The number of halogens is 1. The summed E-state index contributed by atoms with van der Waals surface area (Å²) in [5.41, 5.74) is 1.83. The lowest BCUT2D eigenvalue weighted by molar-refractivity contribution is 0.0924. The van der Waals surface area contributed by atoms with Crippen molar-refractivity contribution in [2.45, 2.75) is 26.4 Å². The molecule has 1 N–H and O–H groups in total. The van der Waals surface area contributed by atoms with Crippen LogP contribution in [0.4, 0.5) is 11.4 Å². The van der Waals surface area contributed by atoms with Crippen molar-refractivity contribution in [1.29, 1.82) is 0 Å². The number of hydrogen-bond donors (Lipinski definition) is 1. The average Bonchev–Trinajstić information content (AvgIpc) is 3.05. The maximum Gasteiger partial charge on any atom is 0.266 e. The fraction of sp³-hybridized carbons (Fsp3) is 0.160. The maximum atomic E-state index is 12.7. The molecule has 3 aromatic rings. The molecule has 162 valence electrons. The van der Waals surface area contributed by atoms with Crippen molar-refractivity contribution in [2.24, 2.45) is 0 Å². The van der Waals surface area contributed by atoms with Crippen LogP contribution in [0.5, 0.6) is 5.75 Å². The fourth-order valence-corrected chi connectivity index (χ4v) is 3.61. The van der Waals surface area contributed by atoms with Crippen molar-refractivity contribution in [3.8, 4) is 5.75 Å². The van der Waals surface area contributed by atoms with Gasteiger partial charge in [0, 0.05) is 5.56 Å². The molecule has 0 unspecified atom stereocenters. The SMILES string of the molecule is CC[C@@H](C)Oc1cccc(C(=O)Nc2ccc(N3C(=O)c4ccccc4C3=O)cc2Cl)c1. The van der Waals surface area contributed by atoms with Gasteiger partial charge in [0.15, 0.2) is 0 Å². The molecule has 1 atom stereocenters. The molecule has 0 radical (unpaired) electrons. The highest BCUT2D eigenvalue weighted by atomic mass is 35.5. The Kier molecular flexibility index (Phi) is 5.97. The second kappa shape index (κ2) is 8.85. The van der Waals surface area contributed by atoms with Crippen LogP contribution in [0.15, 0.2) is 66.7 Å². The Morgan fingerprint density at radius 1 is 1.00 bits per heavy atom. The Balaban J connectivity index is 1.53. The number of amides is 3. The Hall–Kier alpha value is -3.64. The Morgan fingerprint density at radius 2 is 1.69 bits per heavy atom. The van der Waals surface area contributed by atoms with Gasteiger partial charge in [0.25, 0.3) is 17.7 Å². The summed E-state index contributed by atoms with van der Waals surface area (Å²) < 4.78 is 5.77. The third kappa shape index (κ3) is 4.09. The standard InChI is InChI=1S/C25H21ClN2O4/c1-3-15(2)32-18-8-6-7-16(13-18)23(29)27-22-12-11-17(14-21(22)26)28-24(30)19-9-4-5-10-20(19)25(28)31/h4-15H,3H2,1-2H3,(H,27,29)/t15-/m1/s1. The number of nitrogens with one attached hydrogen (secondary N) is 1. The van der Waals surface area contributed by atoms with Gasteiger partial charge in [-0.05, 0) is 61.9 Å². The highest BCUT2D eigenvalue weighted by Gasteiger charge is 2.36. The van der Waals surface area contributed by atoms with Gasteiger partial charge in [0.2, 0.25) is 0 Å². The molecule has 0 saturated heterocycles. The number of anilines is 2. The smallest absolute Gasteiger partial charge is 0.266 e. The molecule has 1 aliphatic rings. The minimum absolute atomic E-state index is 0.0393. The lowest BCUT2D eigenvalue weighted by atomic mass is 10.1. The van der Waals surface area contributed by atoms with Crippen LogP contribution in [0.25, 0.3) is 0 Å². The zero-order valence-electron chi connectivity index (χ0n) is 17.6. The summed E-state index contributed by atoms with van der Waals surface area (Å²) in [6.07, 6.45) is 0.892. The first kappa shape index (κ1) is 21.6. The van der Waals surface area contributed by atoms with Gasteiger partial charge >= 0.3 is 0 Å². The van der Waals surface area contributed by atoms with Gasteiger partial charge in [-0.25, -0.2) is 4.90 Å². The minimum Gasteiger partial charge on any atom is -0.491 e. The number of benzene rings is 3. The summed E-state index contributed by atoms with van der Waals surface area (Å²) in [5, 5.41) is 2.97. The van der Waals surface area contributed by atoms with Crippen LogP contribution in [-0.2, 0) is 0 Å². The number of imide groups is 1. The number of rotatable bonds is 6. The number of carbonyl (C=O) groups is 3. The lowest BCUT2D eigenvalue weighted by Gasteiger charge is -2.16. The first-order chi connectivity index (χ1) is 15.4. The number of nitrogens with zero attached hydrogens (tertiary/aromatic N) is 1. The van der Waals surface area contributed by atoms with Gasteiger partial charge in [0.1, 0.15) is 5.75 Å². The summed E-state index contributed by atoms with van der Waals surface area (Å²) in [7, 11) is 0. The second-order valence-corrected chi connectivity index (χ2v) is 7.88. The van der Waals surface area contributed by atoms with Gasteiger partial charge in [-0.1, -0.05) is 36.7 Å². The normalized spacial score (nSPS) is 13.7. The molecule has 3 amide bonds. The molecule has 4 rings (SSSR count). The molecule has 0 aliphatic carbocycles. The van der Waals surface area contributed by atoms with E-state index in [0.717, 1.165) is 11.3 Å². The second-order valence-electron chi connectivity index (χ2n) is 7.47. The van der Waals surface area contributed by atoms with Crippen molar-refractivity contribution < 1.29 is 19.1 Å². The monoisotopic (exact) mass is 448 g/mol. The molecular weight excluding hydrogens is 428 g/mol. The molecule has 6 nitrogen and oxygen atoms in total. The Morgan fingerprint density at radius 3 is 2.31 bits per heavy atom. The molecule has 0 saturated carbocycles. The summed E-state index contributed by atoms with van der Waals surface area (Å²) in [5.74, 6) is -0.554. The molecule has 0 fully saturated rings. The van der Waals surface area contributed by atoms with E-state index in [1.54, 1.807) is 60.7 Å². The molecule has 0 spiro atoms. The van der Waals surface area contributed by atoms with Crippen LogP contribution >= 0.6 is 11.6 Å². The van der Waals surface area contributed by atoms with E-state index in [0.29, 0.717) is 33.8 Å². The maximum absolute atomic E-state index is 12.7. The largest absolute Gasteiger partial charge is 0.491 e. The van der Waals surface area contributed by atoms with E-state index in [9.17, 15) is 14.4 Å². The van der Waals surface area contributed by atoms with Gasteiger partial charge in [-0.15, -0.1) is 0 Å². The van der Waals surface area contributed by atoms with E-state index in [4.69, 9.17) is 16.3 Å². The number of carbonyl (C=O) groups excluding carboxylic acids is 3. The van der Waals surface area contributed by atoms with E-state index >= 15 is 0 Å². The van der Waals surface area contributed by atoms with E-state index in [-0.39, 0.29) is 17.0 Å². The molecule has 1 heterocycles. The lowest BCUT2D eigenvalue weighted by Crippen LogP contribution is -2.29. The molecule has 32 heavy (non-hydrogen) atoms. The van der Waals surface area contributed by atoms with E-state index < -0.39 is 11.8 Å². The van der Waals surface area contributed by atoms with Crippen molar-refractivity contribution in [3.63, 3.8) is 0 Å². The van der Waals surface area contributed by atoms with Gasteiger partial charge in [0.05, 0.1) is 33.6 Å². The van der Waals surface area contributed by atoms with Crippen molar-refractivity contribution in [2.75, 3.05) is 10.2 Å². The predicted octanol–water partition coefficient (Wildman–Crippen LogP) is 5.57. The average molecular weight is 449 g/mol. The molecule has 1 aliphatic heterocycles. The molecule has 7 heteroatoms. The zero-order chi connectivity index (χ0) is 22.8. The highest BCUT2D eigenvalue weighted by Crippen LogP contribution is 2.33. The van der Waals surface area contributed by atoms with Crippen molar-refractivity contribution in [1.82, 2.24) is 0 Å². The summed E-state index contributed by atoms with van der Waals surface area (Å²) in [6.45, 7) is 3.98. The summed E-state index contributed by atoms with van der Waals surface area (Å²) in [6, 6.07) is 18.2. The van der Waals surface area contributed by atoms with Crippen molar-refractivity contribution in [3.05, 3.63) is 88.4 Å². The van der Waals surface area contributed by atoms with Crippen LogP contribution in [0.2, 0.25) is 5.02 Å². The minimum atomic E-state index is -0.406. The molecule has 0 aromatic heterocycles. The van der Waals surface area contributed by atoms with Gasteiger partial charge in [-0.3, -0.25) is 14.4 Å². The number of hydrogen-bond acceptors (Lipinski definition) is 4. The summed E-state index contributed by atoms with van der Waals surface area (Å²) >= 11 is 6.38. The zero-order valence-corrected chi connectivity index (χ0v) is 18.3. The molecule has 0 bridgehead atoms. The fourth-order valence-electron chi connectivity index (χ4n) is 3.39. The summed E-state index contributed by atoms with van der Waals surface area (Å²) in [4.78, 5) is 39.2. The molecule has 3 aromatic carbocycles. The number of ether oxygens (including phenoxy) is 1. The van der Waals surface area contributed by atoms with Crippen LogP contribution in [-0.4, -0.2) is 23.8 Å². The van der Waals surface area contributed by atoms with E-state index in [2.05, 4.69) is 5.32 Å². The Bertz CT molecular complexity index is 1190. The van der Waals surface area contributed by atoms with Crippen LogP contribution in [0.3, 0.4) is 0 Å². The first-order valence-corrected chi connectivity index (χ1v) is 10.6. The third-order valence-corrected chi connectivity index (χ3v) is 5.57. The quantitative estimate of drug-likeness (QED) is 0.500. The topological polar surface area (TPSA) is 75.7 Å². The first-order valence-electron chi connectivity index (χ1n) is 10.2. The van der Waals surface area contributed by atoms with Crippen molar-refractivity contribution >= 4 is 40.7 Å². The predicted molar refractivity (Wildman–Crippen MR) is 124 cm³/mol. The van der Waals surface area contributed by atoms with Gasteiger partial charge < -0.3 is 10.1 Å². The van der Waals surface area contributed by atoms with Crippen LogP contribution < -0.4 is 15.0 Å². The third-order valence-electron chi connectivity index (χ3n) is 5.26. The van der Waals surface area contributed by atoms with Crippen LogP contribution in [0.1, 0.15) is 51.3 Å². The van der Waals surface area contributed by atoms with Crippen LogP contribution in [0, 0.1) is 0 Å².